The standard InChI is InChI=1S/C17H17NO4/c1-12-5-6-14(10-13(12)2)18-16(19)11-22-17(20)8-7-15-4-3-9-21-15/h3-10H,11H2,1-2H3,(H,18,19). The molecule has 0 bridgehead atoms. The van der Waals surface area contributed by atoms with Gasteiger partial charge in [0.25, 0.3) is 5.91 Å². The first-order valence-corrected chi connectivity index (χ1v) is 6.80. The van der Waals surface area contributed by atoms with Gasteiger partial charge >= 0.3 is 5.97 Å². The Balaban J connectivity index is 1.79. The van der Waals surface area contributed by atoms with Crippen molar-refractivity contribution in [1.82, 2.24) is 0 Å². The predicted molar refractivity (Wildman–Crippen MR) is 83.2 cm³/mol. The molecule has 0 fully saturated rings. The summed E-state index contributed by atoms with van der Waals surface area (Å²) in [5.41, 5.74) is 2.90. The molecule has 5 nitrogen and oxygen atoms in total. The van der Waals surface area contributed by atoms with Crippen LogP contribution in [0.2, 0.25) is 0 Å². The lowest BCUT2D eigenvalue weighted by Gasteiger charge is -2.07. The fourth-order valence-corrected chi connectivity index (χ4v) is 1.74. The van der Waals surface area contributed by atoms with Crippen LogP contribution in [0.5, 0.6) is 0 Å². The summed E-state index contributed by atoms with van der Waals surface area (Å²) in [7, 11) is 0. The topological polar surface area (TPSA) is 68.5 Å². The van der Waals surface area contributed by atoms with Gasteiger partial charge in [0.05, 0.1) is 6.26 Å². The number of rotatable bonds is 5. The van der Waals surface area contributed by atoms with E-state index in [1.807, 2.05) is 26.0 Å². The lowest BCUT2D eigenvalue weighted by atomic mass is 10.1. The van der Waals surface area contributed by atoms with Crippen LogP contribution in [0.4, 0.5) is 5.69 Å². The van der Waals surface area contributed by atoms with Crippen molar-refractivity contribution in [3.63, 3.8) is 0 Å². The second kappa shape index (κ2) is 7.26. The number of benzene rings is 1. The maximum Gasteiger partial charge on any atom is 0.331 e. The molecule has 0 aliphatic heterocycles. The Kier molecular flexibility index (Phi) is 5.14. The van der Waals surface area contributed by atoms with Gasteiger partial charge in [-0.1, -0.05) is 6.07 Å². The van der Waals surface area contributed by atoms with E-state index in [0.717, 1.165) is 11.1 Å². The Morgan fingerprint density at radius 1 is 1.23 bits per heavy atom. The number of anilines is 1. The lowest BCUT2D eigenvalue weighted by molar-refractivity contribution is -0.142. The molecule has 1 aromatic carbocycles. The maximum atomic E-state index is 11.7. The first-order valence-electron chi connectivity index (χ1n) is 6.80. The van der Waals surface area contributed by atoms with E-state index in [-0.39, 0.29) is 12.5 Å². The van der Waals surface area contributed by atoms with E-state index in [2.05, 4.69) is 5.32 Å². The van der Waals surface area contributed by atoms with Crippen LogP contribution in [0.15, 0.2) is 47.1 Å². The van der Waals surface area contributed by atoms with Crippen LogP contribution < -0.4 is 5.32 Å². The maximum absolute atomic E-state index is 11.7. The number of carbonyl (C=O) groups is 2. The molecular formula is C17H17NO4. The van der Waals surface area contributed by atoms with Gasteiger partial charge in [-0.3, -0.25) is 4.79 Å². The molecule has 0 aliphatic carbocycles. The molecule has 0 unspecified atom stereocenters. The van der Waals surface area contributed by atoms with Crippen LogP contribution in [-0.2, 0) is 14.3 Å². The second-order valence-electron chi connectivity index (χ2n) is 4.80. The van der Waals surface area contributed by atoms with Gasteiger partial charge in [-0.05, 0) is 55.3 Å². The molecule has 0 saturated carbocycles. The van der Waals surface area contributed by atoms with Crippen LogP contribution >= 0.6 is 0 Å². The van der Waals surface area contributed by atoms with E-state index in [9.17, 15) is 9.59 Å². The van der Waals surface area contributed by atoms with Crippen molar-refractivity contribution in [2.75, 3.05) is 11.9 Å². The Labute approximate surface area is 128 Å². The molecule has 0 atom stereocenters. The molecule has 1 aromatic heterocycles. The Bertz CT molecular complexity index is 687. The van der Waals surface area contributed by atoms with Gasteiger partial charge in [-0.25, -0.2) is 4.79 Å². The van der Waals surface area contributed by atoms with Crippen LogP contribution in [0.1, 0.15) is 16.9 Å². The minimum Gasteiger partial charge on any atom is -0.465 e. The van der Waals surface area contributed by atoms with E-state index in [0.29, 0.717) is 11.4 Å². The van der Waals surface area contributed by atoms with Crippen molar-refractivity contribution >= 4 is 23.6 Å². The molecule has 0 saturated heterocycles. The summed E-state index contributed by atoms with van der Waals surface area (Å²) in [6.45, 7) is 3.62. The number of hydrogen-bond donors (Lipinski definition) is 1. The lowest BCUT2D eigenvalue weighted by Crippen LogP contribution is -2.20. The van der Waals surface area contributed by atoms with Crippen molar-refractivity contribution in [1.29, 1.82) is 0 Å². The highest BCUT2D eigenvalue weighted by Gasteiger charge is 2.06. The summed E-state index contributed by atoms with van der Waals surface area (Å²) in [5.74, 6) is -0.453. The first kappa shape index (κ1) is 15.6. The van der Waals surface area contributed by atoms with E-state index < -0.39 is 5.97 Å². The van der Waals surface area contributed by atoms with Crippen molar-refractivity contribution in [2.24, 2.45) is 0 Å². The minimum absolute atomic E-state index is 0.339. The second-order valence-corrected chi connectivity index (χ2v) is 4.80. The van der Waals surface area contributed by atoms with Gasteiger partial charge in [0, 0.05) is 11.8 Å². The number of nitrogens with one attached hydrogen (secondary N) is 1. The SMILES string of the molecule is Cc1ccc(NC(=O)COC(=O)C=Cc2ccco2)cc1C. The summed E-state index contributed by atoms with van der Waals surface area (Å²) in [6.07, 6.45) is 4.19. The Hall–Kier alpha value is -2.82. The van der Waals surface area contributed by atoms with Gasteiger partial charge < -0.3 is 14.5 Å². The highest BCUT2D eigenvalue weighted by Crippen LogP contribution is 2.13. The molecule has 5 heteroatoms. The van der Waals surface area contributed by atoms with Gasteiger partial charge in [-0.15, -0.1) is 0 Å². The quantitative estimate of drug-likeness (QED) is 0.680. The van der Waals surface area contributed by atoms with Crippen molar-refractivity contribution in [3.8, 4) is 0 Å². The third-order valence-electron chi connectivity index (χ3n) is 3.06. The van der Waals surface area contributed by atoms with Crippen molar-refractivity contribution in [2.45, 2.75) is 13.8 Å². The Morgan fingerprint density at radius 2 is 2.05 bits per heavy atom. The predicted octanol–water partition coefficient (Wildman–Crippen LogP) is 3.09. The molecule has 114 valence electrons. The van der Waals surface area contributed by atoms with Gasteiger partial charge in [0.15, 0.2) is 6.61 Å². The van der Waals surface area contributed by atoms with Crippen LogP contribution in [0.25, 0.3) is 6.08 Å². The number of furan rings is 1. The number of esters is 1. The molecule has 0 spiro atoms. The number of aryl methyl sites for hydroxylation is 2. The highest BCUT2D eigenvalue weighted by atomic mass is 16.5. The number of ether oxygens (including phenoxy) is 1. The fraction of sp³-hybridized carbons (Fsp3) is 0.176. The normalized spacial score (nSPS) is 10.6. The Morgan fingerprint density at radius 3 is 2.73 bits per heavy atom. The minimum atomic E-state index is -0.605. The average Bonchev–Trinajstić information content (AvgIpc) is 3.00. The summed E-state index contributed by atoms with van der Waals surface area (Å²) >= 11 is 0. The third kappa shape index (κ3) is 4.63. The molecule has 0 aliphatic rings. The molecule has 22 heavy (non-hydrogen) atoms. The zero-order chi connectivity index (χ0) is 15.9. The van der Waals surface area contributed by atoms with Gasteiger partial charge in [0.1, 0.15) is 5.76 Å². The molecule has 0 radical (unpaired) electrons. The zero-order valence-electron chi connectivity index (χ0n) is 12.5. The molecule has 2 aromatic rings. The number of hydrogen-bond acceptors (Lipinski definition) is 4. The fourth-order valence-electron chi connectivity index (χ4n) is 1.74. The van der Waals surface area contributed by atoms with E-state index in [1.165, 1.54) is 18.4 Å². The monoisotopic (exact) mass is 299 g/mol. The summed E-state index contributed by atoms with van der Waals surface area (Å²) in [6, 6.07) is 9.01. The number of carbonyl (C=O) groups excluding carboxylic acids is 2. The largest absolute Gasteiger partial charge is 0.465 e. The van der Waals surface area contributed by atoms with E-state index >= 15 is 0 Å². The van der Waals surface area contributed by atoms with Crippen molar-refractivity contribution in [3.05, 3.63) is 59.6 Å². The molecule has 1 N–H and O–H groups in total. The number of amides is 1. The molecule has 1 amide bonds. The smallest absolute Gasteiger partial charge is 0.331 e. The van der Waals surface area contributed by atoms with Crippen LogP contribution in [0, 0.1) is 13.8 Å². The van der Waals surface area contributed by atoms with Crippen LogP contribution in [-0.4, -0.2) is 18.5 Å². The average molecular weight is 299 g/mol. The zero-order valence-corrected chi connectivity index (χ0v) is 12.5. The summed E-state index contributed by atoms with van der Waals surface area (Å²) in [4.78, 5) is 23.2. The van der Waals surface area contributed by atoms with Gasteiger partial charge in [0.2, 0.25) is 0 Å². The highest BCUT2D eigenvalue weighted by molar-refractivity contribution is 5.94. The first-order chi connectivity index (χ1) is 10.5. The third-order valence-corrected chi connectivity index (χ3v) is 3.06. The molecule has 1 heterocycles. The summed E-state index contributed by atoms with van der Waals surface area (Å²) < 4.78 is 9.88. The van der Waals surface area contributed by atoms with Crippen LogP contribution in [0.3, 0.4) is 0 Å². The summed E-state index contributed by atoms with van der Waals surface area (Å²) in [5, 5.41) is 2.68. The van der Waals surface area contributed by atoms with Gasteiger partial charge in [-0.2, -0.15) is 0 Å². The van der Waals surface area contributed by atoms with Crippen molar-refractivity contribution < 1.29 is 18.7 Å². The molecular weight excluding hydrogens is 282 g/mol. The van der Waals surface area contributed by atoms with E-state index in [1.54, 1.807) is 18.2 Å². The van der Waals surface area contributed by atoms with E-state index in [4.69, 9.17) is 9.15 Å². The molecule has 2 rings (SSSR count).